The van der Waals surface area contributed by atoms with Gasteiger partial charge in [-0.3, -0.25) is 0 Å². The number of rotatable bonds is 5. The van der Waals surface area contributed by atoms with Crippen LogP contribution in [0.3, 0.4) is 0 Å². The first-order valence-electron chi connectivity index (χ1n) is 7.16. The van der Waals surface area contributed by atoms with E-state index in [1.807, 2.05) is 18.7 Å². The first-order chi connectivity index (χ1) is 9.15. The number of thioether (sulfide) groups is 1. The molecule has 2 rings (SSSR count). The molecule has 1 saturated carbocycles. The van der Waals surface area contributed by atoms with E-state index in [1.54, 1.807) is 0 Å². The van der Waals surface area contributed by atoms with Crippen molar-refractivity contribution in [2.75, 3.05) is 12.8 Å². The lowest BCUT2D eigenvalue weighted by atomic mass is 9.88. The molecule has 0 aliphatic heterocycles. The molecule has 0 heterocycles. The average Bonchev–Trinajstić information content (AvgIpc) is 2.44. The number of nitrogens with one attached hydrogen (secondary N) is 1. The fourth-order valence-electron chi connectivity index (χ4n) is 2.83. The van der Waals surface area contributed by atoms with Crippen molar-refractivity contribution >= 4 is 23.4 Å². The largest absolute Gasteiger partial charge is 0.311 e. The summed E-state index contributed by atoms with van der Waals surface area (Å²) < 4.78 is 0.465. The van der Waals surface area contributed by atoms with Gasteiger partial charge in [-0.05, 0) is 43.2 Å². The fraction of sp³-hybridized carbons (Fsp3) is 0.625. The van der Waals surface area contributed by atoms with Crippen LogP contribution in [0.15, 0.2) is 18.2 Å². The zero-order chi connectivity index (χ0) is 13.7. The molecule has 0 atom stereocenters. The molecule has 0 unspecified atom stereocenters. The highest BCUT2D eigenvalue weighted by atomic mass is 35.5. The summed E-state index contributed by atoms with van der Waals surface area (Å²) in [4.78, 5) is 0. The molecule has 19 heavy (non-hydrogen) atoms. The van der Waals surface area contributed by atoms with Gasteiger partial charge in [-0.1, -0.05) is 43.0 Å². The van der Waals surface area contributed by atoms with Crippen molar-refractivity contribution in [3.8, 4) is 0 Å². The Bertz CT molecular complexity index is 413. The van der Waals surface area contributed by atoms with Gasteiger partial charge in [-0.25, -0.2) is 0 Å². The Hall–Kier alpha value is -0.180. The van der Waals surface area contributed by atoms with Crippen molar-refractivity contribution in [1.82, 2.24) is 5.32 Å². The van der Waals surface area contributed by atoms with Crippen LogP contribution in [0.5, 0.6) is 0 Å². The van der Waals surface area contributed by atoms with E-state index in [-0.39, 0.29) is 0 Å². The molecule has 106 valence electrons. The Morgan fingerprint density at radius 2 is 2.00 bits per heavy atom. The first kappa shape index (κ1) is 15.2. The van der Waals surface area contributed by atoms with E-state index in [0.29, 0.717) is 4.75 Å². The summed E-state index contributed by atoms with van der Waals surface area (Å²) in [5, 5.41) is 4.50. The van der Waals surface area contributed by atoms with Crippen LogP contribution in [0.25, 0.3) is 0 Å². The Kier molecular flexibility index (Phi) is 5.61. The number of halogens is 1. The van der Waals surface area contributed by atoms with Crippen molar-refractivity contribution in [2.24, 2.45) is 0 Å². The normalized spacial score (nSPS) is 18.5. The summed E-state index contributed by atoms with van der Waals surface area (Å²) in [5.41, 5.74) is 2.43. The van der Waals surface area contributed by atoms with E-state index < -0.39 is 0 Å². The smallest absolute Gasteiger partial charge is 0.0438 e. The third-order valence-electron chi connectivity index (χ3n) is 4.21. The summed E-state index contributed by atoms with van der Waals surface area (Å²) in [6.45, 7) is 4.08. The van der Waals surface area contributed by atoms with Gasteiger partial charge in [0.25, 0.3) is 0 Å². The quantitative estimate of drug-likeness (QED) is 0.837. The molecule has 1 fully saturated rings. The second-order valence-electron chi connectivity index (χ2n) is 5.63. The van der Waals surface area contributed by atoms with Crippen LogP contribution >= 0.6 is 23.4 Å². The van der Waals surface area contributed by atoms with E-state index in [9.17, 15) is 0 Å². The van der Waals surface area contributed by atoms with Crippen molar-refractivity contribution < 1.29 is 0 Å². The molecule has 1 aliphatic carbocycles. The minimum absolute atomic E-state index is 0.465. The maximum Gasteiger partial charge on any atom is 0.0438 e. The summed E-state index contributed by atoms with van der Waals surface area (Å²) >= 11 is 8.21. The van der Waals surface area contributed by atoms with Crippen LogP contribution in [0.4, 0.5) is 0 Å². The van der Waals surface area contributed by atoms with Crippen LogP contribution < -0.4 is 5.32 Å². The highest BCUT2D eigenvalue weighted by Crippen LogP contribution is 2.38. The maximum atomic E-state index is 6.16. The van der Waals surface area contributed by atoms with Gasteiger partial charge in [0, 0.05) is 22.9 Å². The van der Waals surface area contributed by atoms with E-state index in [4.69, 9.17) is 11.6 Å². The molecule has 0 saturated heterocycles. The number of hydrogen-bond donors (Lipinski definition) is 1. The van der Waals surface area contributed by atoms with Crippen molar-refractivity contribution in [3.63, 3.8) is 0 Å². The fourth-order valence-corrected chi connectivity index (χ4v) is 3.98. The molecule has 0 spiro atoms. The summed E-state index contributed by atoms with van der Waals surface area (Å²) in [6, 6.07) is 6.35. The lowest BCUT2D eigenvalue weighted by Crippen LogP contribution is -2.39. The molecular weight excluding hydrogens is 274 g/mol. The van der Waals surface area contributed by atoms with Gasteiger partial charge < -0.3 is 5.32 Å². The number of benzene rings is 1. The zero-order valence-corrected chi connectivity index (χ0v) is 13.5. The predicted octanol–water partition coefficient (Wildman–Crippen LogP) is 4.80. The van der Waals surface area contributed by atoms with Crippen LogP contribution in [0, 0.1) is 6.92 Å². The molecule has 0 radical (unpaired) electrons. The van der Waals surface area contributed by atoms with E-state index in [2.05, 4.69) is 29.8 Å². The van der Waals surface area contributed by atoms with E-state index in [0.717, 1.165) is 23.7 Å². The van der Waals surface area contributed by atoms with Crippen LogP contribution in [0.2, 0.25) is 5.02 Å². The van der Waals surface area contributed by atoms with Crippen LogP contribution in [-0.2, 0) is 6.54 Å². The molecule has 0 bridgehead atoms. The van der Waals surface area contributed by atoms with Gasteiger partial charge in [0.2, 0.25) is 0 Å². The molecule has 1 nitrogen and oxygen atoms in total. The maximum absolute atomic E-state index is 6.16. The molecule has 1 aromatic carbocycles. The van der Waals surface area contributed by atoms with Crippen molar-refractivity contribution in [1.29, 1.82) is 0 Å². The molecule has 1 aromatic rings. The molecular formula is C16H24ClNS. The van der Waals surface area contributed by atoms with Gasteiger partial charge in [0.15, 0.2) is 0 Å². The summed E-state index contributed by atoms with van der Waals surface area (Å²) in [5.74, 6) is 0. The summed E-state index contributed by atoms with van der Waals surface area (Å²) in [7, 11) is 0. The van der Waals surface area contributed by atoms with Crippen LogP contribution in [0.1, 0.15) is 43.2 Å². The van der Waals surface area contributed by atoms with Gasteiger partial charge in [0.05, 0.1) is 0 Å². The molecule has 0 aromatic heterocycles. The second-order valence-corrected chi connectivity index (χ2v) is 7.32. The first-order valence-corrected chi connectivity index (χ1v) is 8.76. The Labute approximate surface area is 126 Å². The lowest BCUT2D eigenvalue weighted by molar-refractivity contribution is 0.379. The Morgan fingerprint density at radius 3 is 2.63 bits per heavy atom. The molecule has 3 heteroatoms. The molecule has 0 amide bonds. The van der Waals surface area contributed by atoms with E-state index >= 15 is 0 Å². The predicted molar refractivity (Wildman–Crippen MR) is 87.2 cm³/mol. The van der Waals surface area contributed by atoms with Crippen molar-refractivity contribution in [3.05, 3.63) is 34.3 Å². The third kappa shape index (κ3) is 4.14. The number of hydrogen-bond acceptors (Lipinski definition) is 2. The SMILES string of the molecule is CSC1(CNCc2ccc(C)c(Cl)c2)CCCCC1. The highest BCUT2D eigenvalue weighted by Gasteiger charge is 2.30. The third-order valence-corrected chi connectivity index (χ3v) is 6.04. The Morgan fingerprint density at radius 1 is 1.26 bits per heavy atom. The van der Waals surface area contributed by atoms with Crippen LogP contribution in [-0.4, -0.2) is 17.5 Å². The van der Waals surface area contributed by atoms with Gasteiger partial charge in [-0.15, -0.1) is 0 Å². The topological polar surface area (TPSA) is 12.0 Å². The minimum Gasteiger partial charge on any atom is -0.311 e. The van der Waals surface area contributed by atoms with Gasteiger partial charge in [-0.2, -0.15) is 11.8 Å². The number of aryl methyl sites for hydroxylation is 1. The van der Waals surface area contributed by atoms with E-state index in [1.165, 1.54) is 37.7 Å². The monoisotopic (exact) mass is 297 g/mol. The van der Waals surface area contributed by atoms with Crippen molar-refractivity contribution in [2.45, 2.75) is 50.3 Å². The van der Waals surface area contributed by atoms with Gasteiger partial charge in [0.1, 0.15) is 0 Å². The zero-order valence-electron chi connectivity index (χ0n) is 12.0. The Balaban J connectivity index is 1.86. The second kappa shape index (κ2) is 7.01. The summed E-state index contributed by atoms with van der Waals surface area (Å²) in [6.07, 6.45) is 9.16. The standard InChI is InChI=1S/C16H24ClNS/c1-13-6-7-14(10-15(13)17)11-18-12-16(19-2)8-4-3-5-9-16/h6-7,10,18H,3-5,8-9,11-12H2,1-2H3. The molecule has 1 N–H and O–H groups in total. The average molecular weight is 298 g/mol. The lowest BCUT2D eigenvalue weighted by Gasteiger charge is -2.36. The minimum atomic E-state index is 0.465. The van der Waals surface area contributed by atoms with Gasteiger partial charge >= 0.3 is 0 Å². The highest BCUT2D eigenvalue weighted by molar-refractivity contribution is 8.00. The molecule has 1 aliphatic rings.